The Morgan fingerprint density at radius 2 is 2.00 bits per heavy atom. The summed E-state index contributed by atoms with van der Waals surface area (Å²) >= 11 is 3.67. The Morgan fingerprint density at radius 3 is 2.53 bits per heavy atom. The lowest BCUT2D eigenvalue weighted by Crippen LogP contribution is -2.62. The van der Waals surface area contributed by atoms with Crippen LogP contribution in [0.25, 0.3) is 0 Å². The first-order chi connectivity index (χ1) is 16.9. The Labute approximate surface area is 223 Å². The molecule has 1 N–H and O–H groups in total. The van der Waals surface area contributed by atoms with Crippen molar-refractivity contribution in [1.82, 2.24) is 9.80 Å². The number of aliphatic hydroxyl groups excluding tert-OH is 1. The van der Waals surface area contributed by atoms with Crippen LogP contribution in [0.15, 0.2) is 25.3 Å². The number of esters is 1. The van der Waals surface area contributed by atoms with E-state index >= 15 is 0 Å². The number of aliphatic hydroxyl groups is 1. The summed E-state index contributed by atoms with van der Waals surface area (Å²) in [6.45, 7) is 17.3. The summed E-state index contributed by atoms with van der Waals surface area (Å²) in [5.41, 5.74) is -1.74. The van der Waals surface area contributed by atoms with Crippen molar-refractivity contribution in [2.24, 2.45) is 17.8 Å². The number of rotatable bonds is 11. The predicted molar refractivity (Wildman–Crippen MR) is 140 cm³/mol. The van der Waals surface area contributed by atoms with Crippen LogP contribution in [-0.4, -0.2) is 86.6 Å². The van der Waals surface area contributed by atoms with Gasteiger partial charge in [0.1, 0.15) is 11.6 Å². The van der Waals surface area contributed by atoms with Crippen LogP contribution in [0.3, 0.4) is 0 Å². The van der Waals surface area contributed by atoms with E-state index in [1.54, 1.807) is 17.1 Å². The first-order valence-electron chi connectivity index (χ1n) is 12.8. The second-order valence-electron chi connectivity index (χ2n) is 11.4. The number of allylic oxidation sites excluding steroid dienone is 1. The minimum Gasteiger partial charge on any atom is -0.465 e. The largest absolute Gasteiger partial charge is 0.465 e. The van der Waals surface area contributed by atoms with Crippen LogP contribution in [0.5, 0.6) is 0 Å². The standard InChI is InChI=1S/C27H41BrN2O6/c1-8-10-11-13-35-25(34)19-20-23(32)30(18(15-31)16(3)4)22(27(20)14-17(28)21(19)36-27)24(33)29(12-9-2)26(5,6)7/h8-9,16-22,31H,1-2,10-15H2,3-7H3/t17?,18-,19+,20-,21+,22?,27?/m0/s1. The van der Waals surface area contributed by atoms with Crippen LogP contribution in [0.1, 0.15) is 53.9 Å². The van der Waals surface area contributed by atoms with E-state index in [4.69, 9.17) is 9.47 Å². The maximum absolute atomic E-state index is 14.3. The number of fused-ring (bicyclic) bond motifs is 1. The maximum Gasteiger partial charge on any atom is 0.312 e. The molecule has 1 spiro atoms. The van der Waals surface area contributed by atoms with Crippen molar-refractivity contribution in [3.8, 4) is 0 Å². The fraction of sp³-hybridized carbons (Fsp3) is 0.741. The third-order valence-electron chi connectivity index (χ3n) is 7.73. The van der Waals surface area contributed by atoms with Crippen LogP contribution >= 0.6 is 15.9 Å². The van der Waals surface area contributed by atoms with Crippen molar-refractivity contribution in [2.45, 2.75) is 88.0 Å². The van der Waals surface area contributed by atoms with Gasteiger partial charge in [-0.2, -0.15) is 0 Å². The minimum absolute atomic E-state index is 0.117. The van der Waals surface area contributed by atoms with Gasteiger partial charge in [0.2, 0.25) is 11.8 Å². The third-order valence-corrected chi connectivity index (χ3v) is 8.58. The second-order valence-corrected chi connectivity index (χ2v) is 12.6. The highest BCUT2D eigenvalue weighted by molar-refractivity contribution is 9.09. The van der Waals surface area contributed by atoms with Gasteiger partial charge in [0.25, 0.3) is 0 Å². The van der Waals surface area contributed by atoms with E-state index < -0.39 is 47.1 Å². The summed E-state index contributed by atoms with van der Waals surface area (Å²) in [5.74, 6) is -2.87. The number of carbonyl (C=O) groups is 3. The number of alkyl halides is 1. The Hall–Kier alpha value is -1.71. The average Bonchev–Trinajstić information content (AvgIpc) is 3.38. The molecular weight excluding hydrogens is 528 g/mol. The quantitative estimate of drug-likeness (QED) is 0.178. The van der Waals surface area contributed by atoms with E-state index in [0.29, 0.717) is 25.8 Å². The number of hydrogen-bond acceptors (Lipinski definition) is 6. The Balaban J connectivity index is 2.09. The molecule has 36 heavy (non-hydrogen) atoms. The van der Waals surface area contributed by atoms with Gasteiger partial charge in [0.15, 0.2) is 0 Å². The summed E-state index contributed by atoms with van der Waals surface area (Å²) in [6, 6.07) is -1.57. The van der Waals surface area contributed by atoms with E-state index in [1.165, 1.54) is 4.90 Å². The summed E-state index contributed by atoms with van der Waals surface area (Å²) in [6.07, 6.45) is 4.62. The molecule has 3 unspecified atom stereocenters. The number of amides is 2. The van der Waals surface area contributed by atoms with E-state index in [9.17, 15) is 19.5 Å². The van der Waals surface area contributed by atoms with E-state index in [2.05, 4.69) is 29.1 Å². The number of ether oxygens (including phenoxy) is 2. The molecule has 0 aromatic rings. The fourth-order valence-electron chi connectivity index (χ4n) is 6.06. The third kappa shape index (κ3) is 4.78. The number of unbranched alkanes of at least 4 members (excludes halogenated alkanes) is 1. The molecule has 3 aliphatic heterocycles. The smallest absolute Gasteiger partial charge is 0.312 e. The van der Waals surface area contributed by atoms with Gasteiger partial charge in [-0.15, -0.1) is 13.2 Å². The average molecular weight is 570 g/mol. The first-order valence-corrected chi connectivity index (χ1v) is 13.7. The molecular formula is C27H41BrN2O6. The highest BCUT2D eigenvalue weighted by Gasteiger charge is 2.77. The van der Waals surface area contributed by atoms with E-state index in [-0.39, 0.29) is 35.8 Å². The highest BCUT2D eigenvalue weighted by Crippen LogP contribution is 2.61. The lowest BCUT2D eigenvalue weighted by Gasteiger charge is -2.44. The van der Waals surface area contributed by atoms with Crippen molar-refractivity contribution < 1.29 is 29.0 Å². The van der Waals surface area contributed by atoms with Gasteiger partial charge in [-0.25, -0.2) is 0 Å². The zero-order valence-electron chi connectivity index (χ0n) is 22.1. The normalized spacial score (nSPS) is 31.9. The molecule has 0 saturated carbocycles. The molecule has 3 saturated heterocycles. The van der Waals surface area contributed by atoms with Crippen molar-refractivity contribution >= 4 is 33.7 Å². The SMILES string of the molecule is C=CCCCOC(=O)[C@H]1[C@@H]2OC3(CC2Br)C(C(=O)N(CC=C)C(C)(C)C)N([C@@H](CO)C(C)C)C(=O)[C@H]13. The zero-order valence-corrected chi connectivity index (χ0v) is 23.7. The van der Waals surface area contributed by atoms with Crippen LogP contribution in [0.2, 0.25) is 0 Å². The molecule has 2 bridgehead atoms. The van der Waals surface area contributed by atoms with E-state index in [0.717, 1.165) is 0 Å². The molecule has 3 rings (SSSR count). The number of hydrogen-bond donors (Lipinski definition) is 1. The molecule has 8 nitrogen and oxygen atoms in total. The Bertz CT molecular complexity index is 886. The Kier molecular flexibility index (Phi) is 8.78. The van der Waals surface area contributed by atoms with Crippen molar-refractivity contribution in [3.63, 3.8) is 0 Å². The molecule has 0 aromatic carbocycles. The summed E-state index contributed by atoms with van der Waals surface area (Å²) in [4.78, 5) is 44.7. The van der Waals surface area contributed by atoms with E-state index in [1.807, 2.05) is 34.6 Å². The lowest BCUT2D eigenvalue weighted by atomic mass is 9.70. The summed E-state index contributed by atoms with van der Waals surface area (Å²) < 4.78 is 12.1. The summed E-state index contributed by atoms with van der Waals surface area (Å²) in [7, 11) is 0. The molecule has 2 amide bonds. The molecule has 3 fully saturated rings. The maximum atomic E-state index is 14.3. The van der Waals surface area contributed by atoms with Crippen molar-refractivity contribution in [3.05, 3.63) is 25.3 Å². The Morgan fingerprint density at radius 1 is 1.33 bits per heavy atom. The molecule has 202 valence electrons. The van der Waals surface area contributed by atoms with Gasteiger partial charge in [0.05, 0.1) is 37.2 Å². The molecule has 0 radical (unpaired) electrons. The minimum atomic E-state index is -1.19. The zero-order chi connectivity index (χ0) is 27.0. The van der Waals surface area contributed by atoms with Gasteiger partial charge >= 0.3 is 5.97 Å². The van der Waals surface area contributed by atoms with Crippen molar-refractivity contribution in [1.29, 1.82) is 0 Å². The number of carbonyl (C=O) groups excluding carboxylic acids is 3. The van der Waals surface area contributed by atoms with Crippen LogP contribution < -0.4 is 0 Å². The lowest BCUT2D eigenvalue weighted by molar-refractivity contribution is -0.158. The predicted octanol–water partition coefficient (Wildman–Crippen LogP) is 3.07. The van der Waals surface area contributed by atoms with Gasteiger partial charge in [-0.3, -0.25) is 14.4 Å². The molecule has 0 aromatic heterocycles. The van der Waals surface area contributed by atoms with Gasteiger partial charge in [-0.05, 0) is 46.0 Å². The van der Waals surface area contributed by atoms with Crippen molar-refractivity contribution in [2.75, 3.05) is 19.8 Å². The second kappa shape index (κ2) is 11.0. The van der Waals surface area contributed by atoms with Crippen LogP contribution in [-0.2, 0) is 23.9 Å². The first kappa shape index (κ1) is 28.9. The summed E-state index contributed by atoms with van der Waals surface area (Å²) in [5, 5.41) is 10.3. The fourth-order valence-corrected chi connectivity index (χ4v) is 7.00. The van der Waals surface area contributed by atoms with Crippen LogP contribution in [0.4, 0.5) is 0 Å². The molecule has 7 atom stereocenters. The van der Waals surface area contributed by atoms with Crippen LogP contribution in [0, 0.1) is 17.8 Å². The topological polar surface area (TPSA) is 96.4 Å². The highest BCUT2D eigenvalue weighted by atomic mass is 79.9. The molecule has 3 aliphatic rings. The molecule has 9 heteroatoms. The van der Waals surface area contributed by atoms with Gasteiger partial charge in [-0.1, -0.05) is 41.9 Å². The number of halogens is 1. The molecule has 0 aliphatic carbocycles. The monoisotopic (exact) mass is 568 g/mol. The van der Waals surface area contributed by atoms with Gasteiger partial charge < -0.3 is 24.4 Å². The number of likely N-dealkylation sites (tertiary alicyclic amines) is 1. The number of nitrogens with zero attached hydrogens (tertiary/aromatic N) is 2. The van der Waals surface area contributed by atoms with Gasteiger partial charge in [0, 0.05) is 16.9 Å². The molecule has 3 heterocycles.